The van der Waals surface area contributed by atoms with Crippen LogP contribution in [-0.4, -0.2) is 30.1 Å². The normalized spacial score (nSPS) is 19.2. The third kappa shape index (κ3) is 2.52. The fraction of sp³-hybridized carbons (Fsp3) is 0.333. The van der Waals surface area contributed by atoms with Crippen molar-refractivity contribution < 1.29 is 14.3 Å². The molecule has 1 aromatic heterocycles. The lowest BCUT2D eigenvalue weighted by atomic mass is 10.0. The molecule has 1 amide bonds. The zero-order valence-electron chi connectivity index (χ0n) is 13.0. The average molecular weight is 310 g/mol. The number of fused-ring (bicyclic) bond motifs is 2. The van der Waals surface area contributed by atoms with Gasteiger partial charge in [-0.2, -0.15) is 0 Å². The van der Waals surface area contributed by atoms with Crippen LogP contribution in [0.2, 0.25) is 0 Å². The predicted octanol–water partition coefficient (Wildman–Crippen LogP) is 2.51. The van der Waals surface area contributed by atoms with Gasteiger partial charge in [-0.1, -0.05) is 18.2 Å². The van der Waals surface area contributed by atoms with Crippen LogP contribution in [0.4, 0.5) is 5.69 Å². The summed E-state index contributed by atoms with van der Waals surface area (Å²) >= 11 is 0. The van der Waals surface area contributed by atoms with Gasteiger partial charge in [0, 0.05) is 6.20 Å². The number of hydrogen-bond acceptors (Lipinski definition) is 4. The minimum absolute atomic E-state index is 0.0172. The second kappa shape index (κ2) is 5.57. The van der Waals surface area contributed by atoms with E-state index in [1.54, 1.807) is 11.1 Å². The predicted molar refractivity (Wildman–Crippen MR) is 86.0 cm³/mol. The lowest BCUT2D eigenvalue weighted by Gasteiger charge is -2.33. The molecule has 0 saturated heterocycles. The van der Waals surface area contributed by atoms with E-state index in [4.69, 9.17) is 9.47 Å². The molecule has 118 valence electrons. The van der Waals surface area contributed by atoms with Gasteiger partial charge in [-0.25, -0.2) is 4.98 Å². The second-order valence-corrected chi connectivity index (χ2v) is 5.93. The largest absolute Gasteiger partial charge is 0.480 e. The van der Waals surface area contributed by atoms with E-state index >= 15 is 0 Å². The summed E-state index contributed by atoms with van der Waals surface area (Å²) in [6.07, 6.45) is 2.86. The van der Waals surface area contributed by atoms with E-state index in [0.717, 1.165) is 29.0 Å². The zero-order valence-corrected chi connectivity index (χ0v) is 13.0. The summed E-state index contributed by atoms with van der Waals surface area (Å²) in [5.74, 6) is 1.32. The molecule has 5 heteroatoms. The van der Waals surface area contributed by atoms with Crippen molar-refractivity contribution in [3.8, 4) is 11.6 Å². The van der Waals surface area contributed by atoms with Crippen molar-refractivity contribution in [2.24, 2.45) is 0 Å². The zero-order chi connectivity index (χ0) is 15.8. The second-order valence-electron chi connectivity index (χ2n) is 5.93. The molecular formula is C18H18N2O3. The summed E-state index contributed by atoms with van der Waals surface area (Å²) in [6, 6.07) is 9.84. The first-order valence-electron chi connectivity index (χ1n) is 7.88. The number of benzene rings is 1. The van der Waals surface area contributed by atoms with E-state index in [1.165, 1.54) is 0 Å². The Hall–Kier alpha value is -2.56. The maximum Gasteiger partial charge on any atom is 0.268 e. The minimum Gasteiger partial charge on any atom is -0.480 e. The number of anilines is 1. The molecule has 1 unspecified atom stereocenters. The number of rotatable bonds is 1. The Bertz CT molecular complexity index is 760. The number of ether oxygens (including phenoxy) is 2. The van der Waals surface area contributed by atoms with Gasteiger partial charge in [0.05, 0.1) is 6.54 Å². The molecule has 1 aromatic carbocycles. The lowest BCUT2D eigenvalue weighted by molar-refractivity contribution is -0.126. The highest BCUT2D eigenvalue weighted by Gasteiger charge is 2.33. The Morgan fingerprint density at radius 3 is 3.13 bits per heavy atom. The molecule has 0 spiro atoms. The number of pyridine rings is 1. The van der Waals surface area contributed by atoms with E-state index in [1.807, 2.05) is 37.3 Å². The van der Waals surface area contributed by atoms with Crippen molar-refractivity contribution in [1.29, 1.82) is 0 Å². The van der Waals surface area contributed by atoms with Crippen LogP contribution in [0.1, 0.15) is 17.5 Å². The molecule has 1 atom stereocenters. The van der Waals surface area contributed by atoms with Crippen LogP contribution >= 0.6 is 0 Å². The summed E-state index contributed by atoms with van der Waals surface area (Å²) in [6.45, 7) is 2.94. The first kappa shape index (κ1) is 14.1. The highest BCUT2D eigenvalue weighted by atomic mass is 16.5. The Labute approximate surface area is 134 Å². The van der Waals surface area contributed by atoms with Gasteiger partial charge in [-0.3, -0.25) is 4.79 Å². The van der Waals surface area contributed by atoms with Crippen LogP contribution in [0.25, 0.3) is 0 Å². The maximum atomic E-state index is 13.0. The number of carbonyl (C=O) groups excluding carboxylic acids is 1. The fourth-order valence-electron chi connectivity index (χ4n) is 3.10. The SMILES string of the molecule is Cc1cnc2c(c1)N(C(=O)C1CCc3ccccc3O1)CCO2. The van der Waals surface area contributed by atoms with Crippen molar-refractivity contribution in [1.82, 2.24) is 4.98 Å². The Kier molecular flexibility index (Phi) is 3.41. The number of aryl methyl sites for hydroxylation is 2. The van der Waals surface area contributed by atoms with Gasteiger partial charge in [-0.05, 0) is 43.0 Å². The Morgan fingerprint density at radius 1 is 1.35 bits per heavy atom. The first-order valence-corrected chi connectivity index (χ1v) is 7.88. The summed E-state index contributed by atoms with van der Waals surface area (Å²) in [4.78, 5) is 19.0. The van der Waals surface area contributed by atoms with Gasteiger partial charge in [-0.15, -0.1) is 0 Å². The summed E-state index contributed by atoms with van der Waals surface area (Å²) in [5.41, 5.74) is 2.90. The monoisotopic (exact) mass is 310 g/mol. The highest BCUT2D eigenvalue weighted by Crippen LogP contribution is 2.33. The van der Waals surface area contributed by atoms with Gasteiger partial charge in [0.15, 0.2) is 6.10 Å². The molecule has 2 aromatic rings. The maximum absolute atomic E-state index is 13.0. The van der Waals surface area contributed by atoms with Gasteiger partial charge < -0.3 is 14.4 Å². The van der Waals surface area contributed by atoms with E-state index in [2.05, 4.69) is 4.98 Å². The molecule has 0 bridgehead atoms. The number of nitrogens with zero attached hydrogens (tertiary/aromatic N) is 2. The van der Waals surface area contributed by atoms with Crippen LogP contribution < -0.4 is 14.4 Å². The number of para-hydroxylation sites is 1. The molecule has 5 nitrogen and oxygen atoms in total. The average Bonchev–Trinajstić information content (AvgIpc) is 2.60. The lowest BCUT2D eigenvalue weighted by Crippen LogP contribution is -2.47. The number of hydrogen-bond donors (Lipinski definition) is 0. The molecule has 23 heavy (non-hydrogen) atoms. The summed E-state index contributed by atoms with van der Waals surface area (Å²) in [7, 11) is 0. The molecule has 0 saturated carbocycles. The molecule has 0 fully saturated rings. The van der Waals surface area contributed by atoms with Crippen molar-refractivity contribution in [3.05, 3.63) is 47.7 Å². The van der Waals surface area contributed by atoms with Crippen molar-refractivity contribution in [3.63, 3.8) is 0 Å². The fourth-order valence-corrected chi connectivity index (χ4v) is 3.10. The van der Waals surface area contributed by atoms with E-state index in [9.17, 15) is 4.79 Å². The van der Waals surface area contributed by atoms with Crippen LogP contribution in [0.3, 0.4) is 0 Å². The van der Waals surface area contributed by atoms with E-state index in [0.29, 0.717) is 25.5 Å². The quantitative estimate of drug-likeness (QED) is 0.812. The van der Waals surface area contributed by atoms with Crippen LogP contribution in [-0.2, 0) is 11.2 Å². The molecule has 0 aliphatic carbocycles. The smallest absolute Gasteiger partial charge is 0.268 e. The third-order valence-electron chi connectivity index (χ3n) is 4.27. The van der Waals surface area contributed by atoms with Crippen molar-refractivity contribution in [2.75, 3.05) is 18.1 Å². The topological polar surface area (TPSA) is 51.7 Å². The van der Waals surface area contributed by atoms with Gasteiger partial charge in [0.2, 0.25) is 5.88 Å². The standard InChI is InChI=1S/C18H18N2O3/c1-12-10-14-17(19-11-12)22-9-8-20(14)18(21)16-7-6-13-4-2-3-5-15(13)23-16/h2-5,10-11,16H,6-9H2,1H3. The third-order valence-corrected chi connectivity index (χ3v) is 4.27. The molecular weight excluding hydrogens is 292 g/mol. The summed E-state index contributed by atoms with van der Waals surface area (Å²) < 4.78 is 11.5. The molecule has 2 aliphatic rings. The van der Waals surface area contributed by atoms with Crippen molar-refractivity contribution in [2.45, 2.75) is 25.9 Å². The van der Waals surface area contributed by atoms with Crippen LogP contribution in [0.5, 0.6) is 11.6 Å². The molecule has 4 rings (SSSR count). The van der Waals surface area contributed by atoms with Gasteiger partial charge in [0.1, 0.15) is 18.0 Å². The number of aromatic nitrogens is 1. The molecule has 2 aliphatic heterocycles. The van der Waals surface area contributed by atoms with Crippen LogP contribution in [0.15, 0.2) is 36.5 Å². The van der Waals surface area contributed by atoms with Crippen LogP contribution in [0, 0.1) is 6.92 Å². The number of amides is 1. The molecule has 0 N–H and O–H groups in total. The van der Waals surface area contributed by atoms with E-state index < -0.39 is 6.10 Å². The van der Waals surface area contributed by atoms with Gasteiger partial charge >= 0.3 is 0 Å². The molecule has 3 heterocycles. The Balaban J connectivity index is 1.60. The van der Waals surface area contributed by atoms with Crippen molar-refractivity contribution >= 4 is 11.6 Å². The van der Waals surface area contributed by atoms with E-state index in [-0.39, 0.29) is 5.91 Å². The Morgan fingerprint density at radius 2 is 2.22 bits per heavy atom. The molecule has 0 radical (unpaired) electrons. The number of carbonyl (C=O) groups is 1. The summed E-state index contributed by atoms with van der Waals surface area (Å²) in [5, 5.41) is 0. The first-order chi connectivity index (χ1) is 11.2. The van der Waals surface area contributed by atoms with Gasteiger partial charge in [0.25, 0.3) is 5.91 Å². The minimum atomic E-state index is -0.448. The highest BCUT2D eigenvalue weighted by molar-refractivity contribution is 5.98.